The molecule has 0 aliphatic carbocycles. The fraction of sp³-hybridized carbons (Fsp3) is 1.00. The summed E-state index contributed by atoms with van der Waals surface area (Å²) in [6.45, 7) is 4.90. The van der Waals surface area contributed by atoms with Crippen LogP contribution in [0.5, 0.6) is 0 Å². The molecular formula is C20H40N4O7P2. The van der Waals surface area contributed by atoms with E-state index in [1.165, 1.54) is 0 Å². The summed E-state index contributed by atoms with van der Waals surface area (Å²) >= 11 is 0. The summed E-state index contributed by atoms with van der Waals surface area (Å²) in [5, 5.41) is 6.39. The van der Waals surface area contributed by atoms with E-state index >= 15 is 0 Å². The molecular weight excluding hydrogens is 470 g/mol. The largest absolute Gasteiger partial charge is 0.517 e. The van der Waals surface area contributed by atoms with Gasteiger partial charge in [0, 0.05) is 52.4 Å². The SMILES string of the molecule is O=P(ON1CCCCC1)(ON1CCCCC1)OP(=O)(ON1CCCCC1)ON1CCCCC1. The molecule has 13 heteroatoms. The molecule has 0 bridgehead atoms. The highest BCUT2D eigenvalue weighted by atomic mass is 31.3. The Morgan fingerprint density at radius 3 is 0.788 bits per heavy atom. The van der Waals surface area contributed by atoms with Crippen molar-refractivity contribution in [3.63, 3.8) is 0 Å². The molecule has 4 heterocycles. The smallest absolute Gasteiger partial charge is 0.224 e. The first-order valence-electron chi connectivity index (χ1n) is 12.7. The molecule has 4 rings (SSSR count). The lowest BCUT2D eigenvalue weighted by Crippen LogP contribution is -2.35. The van der Waals surface area contributed by atoms with Gasteiger partial charge in [0.05, 0.1) is 0 Å². The third-order valence-electron chi connectivity index (χ3n) is 6.32. The first kappa shape index (κ1) is 26.2. The van der Waals surface area contributed by atoms with Crippen LogP contribution < -0.4 is 0 Å². The minimum atomic E-state index is -4.33. The zero-order chi connectivity index (χ0) is 23.0. The minimum absolute atomic E-state index is 0.612. The zero-order valence-electron chi connectivity index (χ0n) is 19.7. The lowest BCUT2D eigenvalue weighted by atomic mass is 10.2. The second kappa shape index (κ2) is 12.9. The number of nitrogens with zero attached hydrogens (tertiary/aromatic N) is 4. The summed E-state index contributed by atoms with van der Waals surface area (Å²) in [6.07, 6.45) is 11.8. The summed E-state index contributed by atoms with van der Waals surface area (Å²) in [7, 11) is -8.66. The maximum atomic E-state index is 13.9. The van der Waals surface area contributed by atoms with E-state index in [-0.39, 0.29) is 0 Å². The quantitative estimate of drug-likeness (QED) is 0.376. The summed E-state index contributed by atoms with van der Waals surface area (Å²) in [5.74, 6) is 0. The molecule has 0 radical (unpaired) electrons. The van der Waals surface area contributed by atoms with Crippen molar-refractivity contribution in [3.05, 3.63) is 0 Å². The van der Waals surface area contributed by atoms with Crippen LogP contribution in [0.4, 0.5) is 0 Å². The highest BCUT2D eigenvalue weighted by Gasteiger charge is 2.47. The van der Waals surface area contributed by atoms with E-state index in [0.29, 0.717) is 52.4 Å². The Morgan fingerprint density at radius 1 is 0.364 bits per heavy atom. The predicted octanol–water partition coefficient (Wildman–Crippen LogP) is 4.89. The van der Waals surface area contributed by atoms with Crippen LogP contribution in [0.25, 0.3) is 0 Å². The molecule has 0 aromatic carbocycles. The summed E-state index contributed by atoms with van der Waals surface area (Å²) in [4.78, 5) is 0. The molecule has 0 unspecified atom stereocenters. The Labute approximate surface area is 197 Å². The normalized spacial score (nSPS) is 25.9. The van der Waals surface area contributed by atoms with Crippen molar-refractivity contribution in [2.45, 2.75) is 77.0 Å². The molecule has 0 N–H and O–H groups in total. The maximum Gasteiger partial charge on any atom is 0.517 e. The van der Waals surface area contributed by atoms with Crippen LogP contribution in [0.15, 0.2) is 0 Å². The van der Waals surface area contributed by atoms with Gasteiger partial charge >= 0.3 is 15.6 Å². The molecule has 0 amide bonds. The number of hydrogen-bond donors (Lipinski definition) is 0. The second-order valence-electron chi connectivity index (χ2n) is 9.26. The van der Waals surface area contributed by atoms with Gasteiger partial charge in [0.15, 0.2) is 0 Å². The third kappa shape index (κ3) is 8.62. The average Bonchev–Trinajstić information content (AvgIpc) is 2.81. The van der Waals surface area contributed by atoms with E-state index in [2.05, 4.69) is 0 Å². The molecule has 4 aliphatic rings. The predicted molar refractivity (Wildman–Crippen MR) is 122 cm³/mol. The van der Waals surface area contributed by atoms with Crippen LogP contribution in [0, 0.1) is 0 Å². The molecule has 192 valence electrons. The van der Waals surface area contributed by atoms with E-state index in [1.807, 2.05) is 0 Å². The maximum absolute atomic E-state index is 13.9. The zero-order valence-corrected chi connectivity index (χ0v) is 21.5. The molecule has 4 aliphatic heterocycles. The highest BCUT2D eigenvalue weighted by Crippen LogP contribution is 2.67. The van der Waals surface area contributed by atoms with E-state index in [0.717, 1.165) is 77.0 Å². The van der Waals surface area contributed by atoms with Gasteiger partial charge in [0.25, 0.3) is 0 Å². The van der Waals surface area contributed by atoms with Crippen molar-refractivity contribution in [1.29, 1.82) is 0 Å². The third-order valence-corrected chi connectivity index (χ3v) is 9.65. The van der Waals surface area contributed by atoms with Crippen molar-refractivity contribution in [1.82, 2.24) is 20.3 Å². The Hall–Kier alpha value is 0.1000. The molecule has 4 saturated heterocycles. The first-order valence-corrected chi connectivity index (χ1v) is 15.6. The van der Waals surface area contributed by atoms with E-state index in [1.54, 1.807) is 20.3 Å². The Balaban J connectivity index is 1.51. The summed E-state index contributed by atoms with van der Waals surface area (Å²) < 4.78 is 56.7. The van der Waals surface area contributed by atoms with Gasteiger partial charge in [-0.15, -0.1) is 0 Å². The van der Waals surface area contributed by atoms with Crippen molar-refractivity contribution in [2.75, 3.05) is 52.4 Å². The van der Waals surface area contributed by atoms with Crippen molar-refractivity contribution in [2.24, 2.45) is 0 Å². The average molecular weight is 511 g/mol. The lowest BCUT2D eigenvalue weighted by Gasteiger charge is -2.36. The molecule has 0 aromatic heterocycles. The van der Waals surface area contributed by atoms with E-state index < -0.39 is 15.6 Å². The van der Waals surface area contributed by atoms with Gasteiger partial charge in [-0.1, -0.05) is 25.7 Å². The topological polar surface area (TPSA) is 93.2 Å². The Morgan fingerprint density at radius 2 is 0.576 bits per heavy atom. The van der Waals surface area contributed by atoms with E-state index in [4.69, 9.17) is 22.8 Å². The van der Waals surface area contributed by atoms with Gasteiger partial charge in [-0.2, -0.15) is 43.1 Å². The highest BCUT2D eigenvalue weighted by molar-refractivity contribution is 7.62. The molecule has 4 fully saturated rings. The molecule has 0 spiro atoms. The van der Waals surface area contributed by atoms with Crippen molar-refractivity contribution in [3.8, 4) is 0 Å². The van der Waals surface area contributed by atoms with Crippen LogP contribution in [0.1, 0.15) is 77.0 Å². The first-order chi connectivity index (χ1) is 16.0. The van der Waals surface area contributed by atoms with Gasteiger partial charge in [0.2, 0.25) is 0 Å². The van der Waals surface area contributed by atoms with Crippen LogP contribution >= 0.6 is 15.6 Å². The van der Waals surface area contributed by atoms with Crippen molar-refractivity contribution >= 4 is 15.6 Å². The van der Waals surface area contributed by atoms with Crippen LogP contribution in [0.3, 0.4) is 0 Å². The van der Waals surface area contributed by atoms with Gasteiger partial charge in [-0.25, -0.2) is 9.13 Å². The van der Waals surface area contributed by atoms with Gasteiger partial charge in [-0.3, -0.25) is 0 Å². The van der Waals surface area contributed by atoms with Crippen LogP contribution in [0.2, 0.25) is 0 Å². The monoisotopic (exact) mass is 510 g/mol. The Kier molecular flexibility index (Phi) is 10.2. The standard InChI is InChI=1S/C20H40N4O7P2/c25-32(27-21-13-5-1-6-14-21,28-22-15-7-2-8-16-22)31-33(26,29-23-17-9-3-10-18-23)30-24-19-11-4-12-20-24/h1-20H2. The Bertz CT molecular complexity index is 575. The van der Waals surface area contributed by atoms with Crippen molar-refractivity contribution < 1.29 is 31.9 Å². The lowest BCUT2D eigenvalue weighted by molar-refractivity contribution is -0.169. The van der Waals surface area contributed by atoms with Crippen LogP contribution in [-0.2, 0) is 31.9 Å². The number of hydroxylamine groups is 8. The molecule has 11 nitrogen and oxygen atoms in total. The van der Waals surface area contributed by atoms with Gasteiger partial charge in [-0.05, 0) is 51.4 Å². The number of rotatable bonds is 10. The number of piperidine rings is 4. The fourth-order valence-corrected chi connectivity index (χ4v) is 7.86. The number of phosphoric acid groups is 2. The minimum Gasteiger partial charge on any atom is -0.224 e. The molecule has 0 aromatic rings. The molecule has 0 saturated carbocycles. The second-order valence-corrected chi connectivity index (χ2v) is 12.4. The van der Waals surface area contributed by atoms with Gasteiger partial charge < -0.3 is 0 Å². The summed E-state index contributed by atoms with van der Waals surface area (Å²) in [6, 6.07) is 0. The molecule has 0 atom stereocenters. The van der Waals surface area contributed by atoms with Crippen LogP contribution in [-0.4, -0.2) is 72.6 Å². The van der Waals surface area contributed by atoms with E-state index in [9.17, 15) is 9.13 Å². The number of hydrogen-bond acceptors (Lipinski definition) is 11. The summed E-state index contributed by atoms with van der Waals surface area (Å²) in [5.41, 5.74) is 0. The van der Waals surface area contributed by atoms with Gasteiger partial charge in [0.1, 0.15) is 0 Å². The fourth-order valence-electron chi connectivity index (χ4n) is 4.56. The molecule has 33 heavy (non-hydrogen) atoms.